The lowest BCUT2D eigenvalue weighted by Gasteiger charge is -2.16. The van der Waals surface area contributed by atoms with E-state index in [4.69, 9.17) is 14.2 Å². The van der Waals surface area contributed by atoms with E-state index in [9.17, 15) is 14.4 Å². The Hall–Kier alpha value is -1.47. The Morgan fingerprint density at radius 2 is 0.807 bits per heavy atom. The third kappa shape index (κ3) is 45.5. The molecule has 0 rings (SSSR count). The molecule has 0 aromatic rings. The lowest BCUT2D eigenvalue weighted by molar-refractivity contribution is -0.145. The van der Waals surface area contributed by atoms with E-state index in [0.29, 0.717) is 37.9 Å². The van der Waals surface area contributed by atoms with Gasteiger partial charge in [0.15, 0.2) is 0 Å². The molecule has 0 radical (unpaired) electrons. The molecule has 7 heteroatoms. The van der Waals surface area contributed by atoms with Gasteiger partial charge in [-0.2, -0.15) is 0 Å². The summed E-state index contributed by atoms with van der Waals surface area (Å²) in [5.74, 6) is 1.52. The van der Waals surface area contributed by atoms with Gasteiger partial charge in [0.2, 0.25) is 0 Å². The average Bonchev–Trinajstić information content (AvgIpc) is 3.19. The summed E-state index contributed by atoms with van der Waals surface area (Å²) < 4.78 is 16.0. The Labute approximate surface area is 355 Å². The molecule has 0 saturated carbocycles. The van der Waals surface area contributed by atoms with Crippen LogP contribution < -0.4 is 0 Å². The minimum Gasteiger partial charge on any atom is -0.466 e. The fourth-order valence-electron chi connectivity index (χ4n) is 7.64. The molecule has 0 aromatic heterocycles. The number of nitrogens with zero attached hydrogens (tertiary/aromatic N) is 1. The van der Waals surface area contributed by atoms with E-state index in [-0.39, 0.29) is 17.9 Å². The molecular weight excluding hydrogens is 711 g/mol. The van der Waals surface area contributed by atoms with E-state index < -0.39 is 0 Å². The third-order valence-electron chi connectivity index (χ3n) is 11.5. The summed E-state index contributed by atoms with van der Waals surface area (Å²) in [6.45, 7) is 12.2. The van der Waals surface area contributed by atoms with Crippen molar-refractivity contribution < 1.29 is 28.6 Å². The van der Waals surface area contributed by atoms with Gasteiger partial charge in [-0.15, -0.1) is 0 Å². The summed E-state index contributed by atoms with van der Waals surface area (Å²) in [6, 6.07) is 0. The molecule has 0 atom stereocenters. The van der Waals surface area contributed by atoms with Crippen LogP contribution in [0.3, 0.4) is 0 Å². The zero-order valence-electron chi connectivity index (χ0n) is 39.4. The van der Waals surface area contributed by atoms with Crippen molar-refractivity contribution in [1.82, 2.24) is 4.90 Å². The van der Waals surface area contributed by atoms with Crippen LogP contribution in [0.2, 0.25) is 0 Å². The van der Waals surface area contributed by atoms with Crippen molar-refractivity contribution in [3.05, 3.63) is 0 Å². The standard InChI is InChI=1S/C44H84O5.C6H15NO/c1-5-9-19-27-40(28-20-10-6-2)35-37-48-43(46)33-25-17-13-15-23-31-42(39-45)32-24-16-14-18-26-34-44(47)49-38-36-41(29-21-11-7-3)30-22-12-8-4;1-7(2)5-4-6-8-3/h39-42H,5-38H2,1-4H3;4-6H2,1-3H3. The zero-order chi connectivity index (χ0) is 42.5. The highest BCUT2D eigenvalue weighted by molar-refractivity contribution is 5.69. The Bertz CT molecular complexity index is 760. The maximum atomic E-state index is 12.2. The van der Waals surface area contributed by atoms with Gasteiger partial charge in [0, 0.05) is 32.5 Å². The minimum atomic E-state index is -0.0310. The molecule has 340 valence electrons. The van der Waals surface area contributed by atoms with Gasteiger partial charge in [0.25, 0.3) is 0 Å². The van der Waals surface area contributed by atoms with Crippen LogP contribution in [0.1, 0.15) is 240 Å². The number of carbonyl (C=O) groups excluding carboxylic acids is 3. The van der Waals surface area contributed by atoms with Gasteiger partial charge in [-0.1, -0.05) is 182 Å². The van der Waals surface area contributed by atoms with Gasteiger partial charge >= 0.3 is 11.9 Å². The normalized spacial score (nSPS) is 11.4. The van der Waals surface area contributed by atoms with E-state index in [1.807, 2.05) is 0 Å². The number of ether oxygens (including phenoxy) is 3. The number of carbonyl (C=O) groups is 3. The molecule has 0 N–H and O–H groups in total. The molecular formula is C50H99NO6. The summed E-state index contributed by atoms with van der Waals surface area (Å²) >= 11 is 0. The first-order chi connectivity index (χ1) is 27.8. The van der Waals surface area contributed by atoms with Crippen LogP contribution in [-0.2, 0) is 28.6 Å². The molecule has 0 aliphatic carbocycles. The predicted octanol–water partition coefficient (Wildman–Crippen LogP) is 14.3. The van der Waals surface area contributed by atoms with Crippen LogP contribution in [0.25, 0.3) is 0 Å². The molecule has 0 spiro atoms. The van der Waals surface area contributed by atoms with E-state index >= 15 is 0 Å². The topological polar surface area (TPSA) is 82.1 Å². The number of esters is 2. The second-order valence-corrected chi connectivity index (χ2v) is 17.4. The van der Waals surface area contributed by atoms with Crippen LogP contribution in [0, 0.1) is 17.8 Å². The number of rotatable bonds is 43. The fraction of sp³-hybridized carbons (Fsp3) is 0.940. The summed E-state index contributed by atoms with van der Waals surface area (Å²) in [7, 11) is 5.86. The minimum absolute atomic E-state index is 0.0310. The quantitative estimate of drug-likeness (QED) is 0.0345. The van der Waals surface area contributed by atoms with Gasteiger partial charge in [-0.3, -0.25) is 9.59 Å². The van der Waals surface area contributed by atoms with Crippen molar-refractivity contribution in [2.24, 2.45) is 17.8 Å². The summed E-state index contributed by atoms with van der Waals surface area (Å²) in [5.41, 5.74) is 0. The van der Waals surface area contributed by atoms with Gasteiger partial charge in [-0.05, 0) is 77.4 Å². The predicted molar refractivity (Wildman–Crippen MR) is 244 cm³/mol. The number of unbranched alkanes of at least 4 members (excludes halogenated alkanes) is 16. The van der Waals surface area contributed by atoms with Gasteiger partial charge < -0.3 is 23.9 Å². The smallest absolute Gasteiger partial charge is 0.305 e. The molecule has 0 aliphatic heterocycles. The molecule has 0 unspecified atom stereocenters. The summed E-state index contributed by atoms with van der Waals surface area (Å²) in [4.78, 5) is 38.2. The van der Waals surface area contributed by atoms with Gasteiger partial charge in [0.1, 0.15) is 6.29 Å². The van der Waals surface area contributed by atoms with Crippen molar-refractivity contribution in [2.75, 3.05) is 47.6 Å². The molecule has 0 heterocycles. The fourth-order valence-corrected chi connectivity index (χ4v) is 7.64. The van der Waals surface area contributed by atoms with E-state index in [1.165, 1.54) is 103 Å². The maximum absolute atomic E-state index is 12.2. The molecule has 57 heavy (non-hydrogen) atoms. The molecule has 0 amide bonds. The molecule has 0 saturated heterocycles. The highest BCUT2D eigenvalue weighted by atomic mass is 16.5. The molecule has 0 fully saturated rings. The second-order valence-electron chi connectivity index (χ2n) is 17.4. The van der Waals surface area contributed by atoms with Crippen molar-refractivity contribution in [3.8, 4) is 0 Å². The largest absolute Gasteiger partial charge is 0.466 e. The van der Waals surface area contributed by atoms with Crippen LogP contribution in [0.4, 0.5) is 0 Å². The second kappa shape index (κ2) is 47.2. The van der Waals surface area contributed by atoms with Crippen molar-refractivity contribution in [3.63, 3.8) is 0 Å². The molecule has 0 aliphatic rings. The molecule has 0 aromatic carbocycles. The van der Waals surface area contributed by atoms with Gasteiger partial charge in [0.05, 0.1) is 13.2 Å². The van der Waals surface area contributed by atoms with E-state index in [0.717, 1.165) is 116 Å². The third-order valence-corrected chi connectivity index (χ3v) is 11.5. The Balaban J connectivity index is 0. The average molecular weight is 810 g/mol. The van der Waals surface area contributed by atoms with Crippen LogP contribution in [0.15, 0.2) is 0 Å². The molecule has 0 bridgehead atoms. The lowest BCUT2D eigenvalue weighted by atomic mass is 9.92. The van der Waals surface area contributed by atoms with Crippen LogP contribution >= 0.6 is 0 Å². The Kier molecular flexibility index (Phi) is 47.7. The first-order valence-corrected chi connectivity index (χ1v) is 24.7. The van der Waals surface area contributed by atoms with E-state index in [1.54, 1.807) is 7.11 Å². The van der Waals surface area contributed by atoms with Crippen molar-refractivity contribution >= 4 is 18.2 Å². The highest BCUT2D eigenvalue weighted by Gasteiger charge is 2.13. The first kappa shape index (κ1) is 57.6. The summed E-state index contributed by atoms with van der Waals surface area (Å²) in [6.07, 6.45) is 38.5. The Morgan fingerprint density at radius 3 is 1.14 bits per heavy atom. The zero-order valence-corrected chi connectivity index (χ0v) is 39.4. The first-order valence-electron chi connectivity index (χ1n) is 24.7. The monoisotopic (exact) mass is 810 g/mol. The number of methoxy groups -OCH3 is 1. The van der Waals surface area contributed by atoms with Crippen LogP contribution in [-0.4, -0.2) is 70.7 Å². The van der Waals surface area contributed by atoms with Crippen molar-refractivity contribution in [1.29, 1.82) is 0 Å². The SMILES string of the molecule is CCCCCC(CCCCC)CCOC(=O)CCCCCCCC(C=O)CCCCCCCC(=O)OCCC(CCCCC)CCCCC.COCCCN(C)C. The van der Waals surface area contributed by atoms with Crippen LogP contribution in [0.5, 0.6) is 0 Å². The lowest BCUT2D eigenvalue weighted by Crippen LogP contribution is -2.14. The summed E-state index contributed by atoms with van der Waals surface area (Å²) in [5, 5.41) is 0. The van der Waals surface area contributed by atoms with Gasteiger partial charge in [-0.25, -0.2) is 0 Å². The maximum Gasteiger partial charge on any atom is 0.305 e. The molecule has 7 nitrogen and oxygen atoms in total. The highest BCUT2D eigenvalue weighted by Crippen LogP contribution is 2.23. The number of hydrogen-bond donors (Lipinski definition) is 0. The van der Waals surface area contributed by atoms with Crippen molar-refractivity contribution in [2.45, 2.75) is 240 Å². The number of hydrogen-bond acceptors (Lipinski definition) is 7. The van der Waals surface area contributed by atoms with E-state index in [2.05, 4.69) is 46.7 Å². The Morgan fingerprint density at radius 1 is 0.456 bits per heavy atom. The number of aldehydes is 1.